The molecule has 0 spiro atoms. The van der Waals surface area contributed by atoms with E-state index in [9.17, 15) is 0 Å². The molecule has 16 heavy (non-hydrogen) atoms. The molecule has 1 heterocycles. The van der Waals surface area contributed by atoms with E-state index in [-0.39, 0.29) is 0 Å². The Morgan fingerprint density at radius 1 is 1.12 bits per heavy atom. The maximum absolute atomic E-state index is 8.81. The first-order valence-electron chi connectivity index (χ1n) is 4.98. The predicted octanol–water partition coefficient (Wildman–Crippen LogP) is 3.62. The second-order valence-corrected chi connectivity index (χ2v) is 4.13. The van der Waals surface area contributed by atoms with Gasteiger partial charge in [0.1, 0.15) is 6.07 Å². The summed E-state index contributed by atoms with van der Waals surface area (Å²) >= 11 is 6.02. The Bertz CT molecular complexity index is 557. The Morgan fingerprint density at radius 3 is 2.25 bits per heavy atom. The summed E-state index contributed by atoms with van der Waals surface area (Å²) in [4.78, 5) is 0. The van der Waals surface area contributed by atoms with Crippen LogP contribution in [-0.2, 0) is 0 Å². The first kappa shape index (κ1) is 10.8. The number of nitrogens with zero attached hydrogens (tertiary/aromatic N) is 2. The highest BCUT2D eigenvalue weighted by Crippen LogP contribution is 2.22. The van der Waals surface area contributed by atoms with Gasteiger partial charge >= 0.3 is 0 Å². The van der Waals surface area contributed by atoms with Crippen LogP contribution in [0.2, 0.25) is 5.02 Å². The van der Waals surface area contributed by atoms with Crippen molar-refractivity contribution in [2.75, 3.05) is 0 Å². The maximum atomic E-state index is 8.81. The SMILES string of the molecule is Cc1ccc(C)n1-c1ccc(C#N)c(Cl)c1. The Morgan fingerprint density at radius 2 is 1.75 bits per heavy atom. The molecule has 0 aliphatic heterocycles. The number of nitriles is 1. The van der Waals surface area contributed by atoms with Crippen LogP contribution in [0.3, 0.4) is 0 Å². The van der Waals surface area contributed by atoms with E-state index >= 15 is 0 Å². The van der Waals surface area contributed by atoms with E-state index in [1.807, 2.05) is 26.0 Å². The molecule has 0 saturated carbocycles. The largest absolute Gasteiger partial charge is 0.318 e. The van der Waals surface area contributed by atoms with Crippen molar-refractivity contribution in [1.82, 2.24) is 4.57 Å². The highest BCUT2D eigenvalue weighted by Gasteiger charge is 2.06. The summed E-state index contributed by atoms with van der Waals surface area (Å²) in [7, 11) is 0. The van der Waals surface area contributed by atoms with Gasteiger partial charge in [-0.25, -0.2) is 0 Å². The first-order chi connectivity index (χ1) is 7.63. The third-order valence-electron chi connectivity index (χ3n) is 2.60. The summed E-state index contributed by atoms with van der Waals surface area (Å²) in [6.45, 7) is 4.08. The van der Waals surface area contributed by atoms with E-state index in [1.54, 1.807) is 6.07 Å². The molecule has 2 aromatic rings. The van der Waals surface area contributed by atoms with Gasteiger partial charge < -0.3 is 4.57 Å². The standard InChI is InChI=1S/C13H11ClN2/c1-9-3-4-10(2)16(9)12-6-5-11(8-15)13(14)7-12/h3-7H,1-2H3. The number of hydrogen-bond acceptors (Lipinski definition) is 1. The van der Waals surface area contributed by atoms with Crippen LogP contribution in [0.15, 0.2) is 30.3 Å². The van der Waals surface area contributed by atoms with E-state index in [0.717, 1.165) is 17.1 Å². The van der Waals surface area contributed by atoms with Gasteiger partial charge in [-0.05, 0) is 44.2 Å². The van der Waals surface area contributed by atoms with E-state index in [0.29, 0.717) is 10.6 Å². The van der Waals surface area contributed by atoms with Gasteiger partial charge in [-0.1, -0.05) is 11.6 Å². The van der Waals surface area contributed by atoms with Gasteiger partial charge in [-0.15, -0.1) is 0 Å². The molecule has 0 atom stereocenters. The number of aryl methyl sites for hydroxylation is 2. The highest BCUT2D eigenvalue weighted by atomic mass is 35.5. The summed E-state index contributed by atoms with van der Waals surface area (Å²) in [6.07, 6.45) is 0. The van der Waals surface area contributed by atoms with Crippen molar-refractivity contribution in [2.24, 2.45) is 0 Å². The first-order valence-corrected chi connectivity index (χ1v) is 5.36. The molecule has 1 aromatic heterocycles. The average Bonchev–Trinajstić information content (AvgIpc) is 2.58. The average molecular weight is 231 g/mol. The van der Waals surface area contributed by atoms with Crippen LogP contribution in [0.5, 0.6) is 0 Å². The van der Waals surface area contributed by atoms with Gasteiger partial charge in [0.15, 0.2) is 0 Å². The summed E-state index contributed by atoms with van der Waals surface area (Å²) < 4.78 is 2.10. The van der Waals surface area contributed by atoms with Crippen molar-refractivity contribution in [3.05, 3.63) is 52.3 Å². The van der Waals surface area contributed by atoms with Gasteiger partial charge in [-0.3, -0.25) is 0 Å². The number of aromatic nitrogens is 1. The normalized spacial score (nSPS) is 10.1. The molecule has 0 unspecified atom stereocenters. The van der Waals surface area contributed by atoms with Crippen molar-refractivity contribution >= 4 is 11.6 Å². The van der Waals surface area contributed by atoms with E-state index in [2.05, 4.69) is 22.8 Å². The summed E-state index contributed by atoms with van der Waals surface area (Å²) in [5.41, 5.74) is 3.80. The lowest BCUT2D eigenvalue weighted by molar-refractivity contribution is 0.966. The van der Waals surface area contributed by atoms with Crippen molar-refractivity contribution in [1.29, 1.82) is 5.26 Å². The molecular formula is C13H11ClN2. The fraction of sp³-hybridized carbons (Fsp3) is 0.154. The van der Waals surface area contributed by atoms with Crippen molar-refractivity contribution in [3.63, 3.8) is 0 Å². The second kappa shape index (κ2) is 4.03. The van der Waals surface area contributed by atoms with E-state index in [4.69, 9.17) is 16.9 Å². The minimum absolute atomic E-state index is 0.493. The molecule has 1 aromatic carbocycles. The molecule has 80 valence electrons. The van der Waals surface area contributed by atoms with Crippen LogP contribution in [0, 0.1) is 25.2 Å². The molecule has 3 heteroatoms. The van der Waals surface area contributed by atoms with Crippen LogP contribution in [0.1, 0.15) is 17.0 Å². The third-order valence-corrected chi connectivity index (χ3v) is 2.92. The lowest BCUT2D eigenvalue weighted by Crippen LogP contribution is -1.98. The minimum Gasteiger partial charge on any atom is -0.318 e. The van der Waals surface area contributed by atoms with Crippen LogP contribution >= 0.6 is 11.6 Å². The summed E-state index contributed by atoms with van der Waals surface area (Å²) in [5, 5.41) is 9.30. The Kier molecular flexibility index (Phi) is 2.72. The zero-order valence-electron chi connectivity index (χ0n) is 9.16. The second-order valence-electron chi connectivity index (χ2n) is 3.73. The molecular weight excluding hydrogens is 220 g/mol. The van der Waals surface area contributed by atoms with Crippen LogP contribution in [0.25, 0.3) is 5.69 Å². The summed E-state index contributed by atoms with van der Waals surface area (Å²) in [5.74, 6) is 0. The molecule has 0 amide bonds. The molecule has 0 N–H and O–H groups in total. The van der Waals surface area contributed by atoms with Crippen molar-refractivity contribution in [3.8, 4) is 11.8 Å². The molecule has 0 saturated heterocycles. The van der Waals surface area contributed by atoms with E-state index < -0.39 is 0 Å². The molecule has 0 aliphatic carbocycles. The molecule has 0 radical (unpaired) electrons. The van der Waals surface area contributed by atoms with Crippen LogP contribution < -0.4 is 0 Å². The molecule has 0 aliphatic rings. The zero-order chi connectivity index (χ0) is 11.7. The number of hydrogen-bond donors (Lipinski definition) is 0. The van der Waals surface area contributed by atoms with Gasteiger partial charge in [0, 0.05) is 17.1 Å². The summed E-state index contributed by atoms with van der Waals surface area (Å²) in [6, 6.07) is 11.6. The number of halogens is 1. The van der Waals surface area contributed by atoms with Crippen molar-refractivity contribution in [2.45, 2.75) is 13.8 Å². The number of benzene rings is 1. The smallest absolute Gasteiger partial charge is 0.101 e. The molecule has 0 fully saturated rings. The molecule has 2 rings (SSSR count). The van der Waals surface area contributed by atoms with Gasteiger partial charge in [0.05, 0.1) is 10.6 Å². The Labute approximate surface area is 99.7 Å². The van der Waals surface area contributed by atoms with Gasteiger partial charge in [0.2, 0.25) is 0 Å². The van der Waals surface area contributed by atoms with Gasteiger partial charge in [-0.2, -0.15) is 5.26 Å². The molecule has 0 bridgehead atoms. The monoisotopic (exact) mass is 230 g/mol. The third kappa shape index (κ3) is 1.70. The number of rotatable bonds is 1. The maximum Gasteiger partial charge on any atom is 0.101 e. The minimum atomic E-state index is 0.493. The van der Waals surface area contributed by atoms with Crippen LogP contribution in [0.4, 0.5) is 0 Å². The topological polar surface area (TPSA) is 28.7 Å². The lowest BCUT2D eigenvalue weighted by atomic mass is 10.2. The zero-order valence-corrected chi connectivity index (χ0v) is 9.92. The fourth-order valence-electron chi connectivity index (χ4n) is 1.81. The quantitative estimate of drug-likeness (QED) is 0.736. The van der Waals surface area contributed by atoms with Gasteiger partial charge in [0.25, 0.3) is 0 Å². The Hall–Kier alpha value is -1.72. The lowest BCUT2D eigenvalue weighted by Gasteiger charge is -2.10. The Balaban J connectivity index is 2.59. The van der Waals surface area contributed by atoms with Crippen molar-refractivity contribution < 1.29 is 0 Å². The van der Waals surface area contributed by atoms with E-state index in [1.165, 1.54) is 0 Å². The molecule has 2 nitrogen and oxygen atoms in total. The predicted molar refractivity (Wildman–Crippen MR) is 65.0 cm³/mol. The highest BCUT2D eigenvalue weighted by molar-refractivity contribution is 6.31. The van der Waals surface area contributed by atoms with Crippen LogP contribution in [-0.4, -0.2) is 4.57 Å². The fourth-order valence-corrected chi connectivity index (χ4v) is 2.03.